The summed E-state index contributed by atoms with van der Waals surface area (Å²) < 4.78 is 5.64. The van der Waals surface area contributed by atoms with Crippen LogP contribution in [-0.4, -0.2) is 39.1 Å². The van der Waals surface area contributed by atoms with Gasteiger partial charge >= 0.3 is 5.97 Å². The number of H-pyrrole nitrogens is 1. The zero-order valence-corrected chi connectivity index (χ0v) is 20.5. The number of nitrogens with two attached hydrogens (primary N) is 1. The molecule has 0 amide bonds. The minimum Gasteiger partial charge on any atom is -0.458 e. The Morgan fingerprint density at radius 2 is 1.66 bits per heavy atom. The highest BCUT2D eigenvalue weighted by molar-refractivity contribution is 5.88. The van der Waals surface area contributed by atoms with E-state index in [1.165, 1.54) is 0 Å². The molecule has 0 saturated heterocycles. The van der Waals surface area contributed by atoms with E-state index >= 15 is 0 Å². The number of anilines is 1. The molecule has 0 aliphatic carbocycles. The fourth-order valence-corrected chi connectivity index (χ4v) is 4.10. The number of esters is 1. The van der Waals surface area contributed by atoms with E-state index in [1.54, 1.807) is 6.20 Å². The van der Waals surface area contributed by atoms with Crippen LogP contribution >= 0.6 is 0 Å². The molecule has 4 aromatic rings. The minimum atomic E-state index is -0.586. The van der Waals surface area contributed by atoms with Crippen molar-refractivity contribution in [3.8, 4) is 0 Å². The number of aromatic amines is 1. The number of carbonyl (C=O) groups excluding carboxylic acids is 1. The van der Waals surface area contributed by atoms with Gasteiger partial charge in [0.25, 0.3) is 0 Å². The van der Waals surface area contributed by atoms with Gasteiger partial charge < -0.3 is 20.8 Å². The van der Waals surface area contributed by atoms with E-state index in [9.17, 15) is 4.79 Å². The van der Waals surface area contributed by atoms with Crippen molar-refractivity contribution in [1.82, 2.24) is 15.0 Å². The first-order valence-corrected chi connectivity index (χ1v) is 12.0. The standard InChI is InChI=1S/C28H33N5O2/c1-28(2,3)35-27(34)22(15-10-17-29)32-26-24-21(16-18-30-26)31-25(33-24)23(19-11-6-4-7-12-19)20-13-8-5-9-14-20/h4-9,11-14,16,18,22-23H,10,15,17,29H2,1-3H3,(H,30,32)(H,31,33)/t22-/m0/s1. The Kier molecular flexibility index (Phi) is 7.46. The molecule has 0 aliphatic rings. The van der Waals surface area contributed by atoms with Gasteiger partial charge in [-0.25, -0.2) is 14.8 Å². The Bertz CT molecular complexity index is 1210. The second kappa shape index (κ2) is 10.7. The third-order valence-electron chi connectivity index (χ3n) is 5.66. The lowest BCUT2D eigenvalue weighted by molar-refractivity contribution is -0.155. The van der Waals surface area contributed by atoms with Gasteiger partial charge in [0.05, 0.1) is 11.4 Å². The number of hydrogen-bond acceptors (Lipinski definition) is 6. The number of fused-ring (bicyclic) bond motifs is 1. The van der Waals surface area contributed by atoms with Crippen LogP contribution in [0.5, 0.6) is 0 Å². The van der Waals surface area contributed by atoms with Crippen molar-refractivity contribution in [2.45, 2.75) is 51.2 Å². The van der Waals surface area contributed by atoms with Crippen LogP contribution in [0.2, 0.25) is 0 Å². The number of aromatic nitrogens is 3. The average molecular weight is 472 g/mol. The fraction of sp³-hybridized carbons (Fsp3) is 0.321. The molecule has 7 nitrogen and oxygen atoms in total. The topological polar surface area (TPSA) is 106 Å². The first-order chi connectivity index (χ1) is 16.9. The van der Waals surface area contributed by atoms with Crippen molar-refractivity contribution < 1.29 is 9.53 Å². The molecule has 7 heteroatoms. The summed E-state index contributed by atoms with van der Waals surface area (Å²) in [6, 6.07) is 21.9. The molecule has 0 radical (unpaired) electrons. The number of imidazole rings is 1. The van der Waals surface area contributed by atoms with Gasteiger partial charge in [-0.3, -0.25) is 0 Å². The molecule has 0 saturated carbocycles. The summed E-state index contributed by atoms with van der Waals surface area (Å²) in [5.74, 6) is 0.950. The van der Waals surface area contributed by atoms with Crippen LogP contribution in [0.3, 0.4) is 0 Å². The zero-order chi connectivity index (χ0) is 24.8. The normalized spacial score (nSPS) is 12.6. The molecule has 2 heterocycles. The summed E-state index contributed by atoms with van der Waals surface area (Å²) in [5.41, 5.74) is 8.93. The summed E-state index contributed by atoms with van der Waals surface area (Å²) in [6.07, 6.45) is 2.93. The summed E-state index contributed by atoms with van der Waals surface area (Å²) >= 11 is 0. The molecule has 2 aromatic heterocycles. The molecular formula is C28H33N5O2. The van der Waals surface area contributed by atoms with Gasteiger partial charge in [-0.05, 0) is 57.4 Å². The molecule has 182 valence electrons. The molecule has 0 aliphatic heterocycles. The van der Waals surface area contributed by atoms with Gasteiger partial charge in [-0.1, -0.05) is 60.7 Å². The molecule has 0 spiro atoms. The Balaban J connectivity index is 1.72. The highest BCUT2D eigenvalue weighted by Gasteiger charge is 2.27. The quantitative estimate of drug-likeness (QED) is 0.297. The van der Waals surface area contributed by atoms with Crippen LogP contribution in [0.25, 0.3) is 11.0 Å². The van der Waals surface area contributed by atoms with E-state index < -0.39 is 11.6 Å². The molecule has 0 unspecified atom stereocenters. The Hall–Kier alpha value is -3.71. The maximum absolute atomic E-state index is 12.9. The lowest BCUT2D eigenvalue weighted by Gasteiger charge is -2.24. The molecular weight excluding hydrogens is 438 g/mol. The molecule has 0 bridgehead atoms. The van der Waals surface area contributed by atoms with Crippen molar-refractivity contribution in [1.29, 1.82) is 0 Å². The second-order valence-corrected chi connectivity index (χ2v) is 9.59. The third kappa shape index (κ3) is 6.05. The Labute approximate surface area is 206 Å². The number of nitrogens with one attached hydrogen (secondary N) is 2. The number of pyridine rings is 1. The van der Waals surface area contributed by atoms with Gasteiger partial charge in [0, 0.05) is 6.20 Å². The van der Waals surface area contributed by atoms with Crippen molar-refractivity contribution >= 4 is 22.8 Å². The minimum absolute atomic E-state index is 0.0726. The summed E-state index contributed by atoms with van der Waals surface area (Å²) in [7, 11) is 0. The number of nitrogens with zero attached hydrogens (tertiary/aromatic N) is 2. The monoisotopic (exact) mass is 471 g/mol. The van der Waals surface area contributed by atoms with Crippen molar-refractivity contribution in [2.24, 2.45) is 5.73 Å². The van der Waals surface area contributed by atoms with E-state index in [1.807, 2.05) is 63.2 Å². The van der Waals surface area contributed by atoms with Crippen LogP contribution in [0.1, 0.15) is 56.5 Å². The SMILES string of the molecule is CC(C)(C)OC(=O)[C@H](CCCN)Nc1nccc2[nH]c(C(c3ccccc3)c3ccccc3)nc12. The first-order valence-electron chi connectivity index (χ1n) is 12.0. The van der Waals surface area contributed by atoms with Gasteiger partial charge in [-0.2, -0.15) is 0 Å². The average Bonchev–Trinajstić information content (AvgIpc) is 3.26. The van der Waals surface area contributed by atoms with Gasteiger partial charge in [0.15, 0.2) is 5.82 Å². The van der Waals surface area contributed by atoms with Gasteiger partial charge in [-0.15, -0.1) is 0 Å². The van der Waals surface area contributed by atoms with Crippen molar-refractivity contribution in [3.05, 3.63) is 89.9 Å². The van der Waals surface area contributed by atoms with Crippen molar-refractivity contribution in [2.75, 3.05) is 11.9 Å². The Morgan fingerprint density at radius 1 is 1.03 bits per heavy atom. The van der Waals surface area contributed by atoms with Crippen LogP contribution < -0.4 is 11.1 Å². The fourth-order valence-electron chi connectivity index (χ4n) is 4.10. The number of carbonyl (C=O) groups is 1. The van der Waals surface area contributed by atoms with E-state index in [0.29, 0.717) is 30.7 Å². The molecule has 4 N–H and O–H groups in total. The second-order valence-electron chi connectivity index (χ2n) is 9.59. The maximum Gasteiger partial charge on any atom is 0.329 e. The van der Waals surface area contributed by atoms with Crippen LogP contribution in [-0.2, 0) is 9.53 Å². The largest absolute Gasteiger partial charge is 0.458 e. The van der Waals surface area contributed by atoms with Crippen LogP contribution in [0.4, 0.5) is 5.82 Å². The van der Waals surface area contributed by atoms with Crippen LogP contribution in [0, 0.1) is 0 Å². The first kappa shape index (κ1) is 24.4. The highest BCUT2D eigenvalue weighted by Crippen LogP contribution is 2.32. The number of rotatable bonds is 9. The lowest BCUT2D eigenvalue weighted by Crippen LogP contribution is -2.37. The van der Waals surface area contributed by atoms with E-state index in [-0.39, 0.29) is 11.9 Å². The number of hydrogen-bond donors (Lipinski definition) is 3. The smallest absolute Gasteiger partial charge is 0.329 e. The summed E-state index contributed by atoms with van der Waals surface area (Å²) in [5, 5.41) is 3.29. The van der Waals surface area contributed by atoms with E-state index in [0.717, 1.165) is 22.5 Å². The number of ether oxygens (including phenoxy) is 1. The number of benzene rings is 2. The molecule has 0 fully saturated rings. The Morgan fingerprint density at radius 3 is 2.23 bits per heavy atom. The molecule has 35 heavy (non-hydrogen) atoms. The molecule has 4 rings (SSSR count). The molecule has 1 atom stereocenters. The van der Waals surface area contributed by atoms with Crippen molar-refractivity contribution in [3.63, 3.8) is 0 Å². The zero-order valence-electron chi connectivity index (χ0n) is 20.5. The third-order valence-corrected chi connectivity index (χ3v) is 5.66. The summed E-state index contributed by atoms with van der Waals surface area (Å²) in [4.78, 5) is 25.9. The summed E-state index contributed by atoms with van der Waals surface area (Å²) in [6.45, 7) is 6.06. The predicted octanol–water partition coefficient (Wildman–Crippen LogP) is 5.00. The van der Waals surface area contributed by atoms with E-state index in [2.05, 4.69) is 39.6 Å². The maximum atomic E-state index is 12.9. The van der Waals surface area contributed by atoms with Crippen LogP contribution in [0.15, 0.2) is 72.9 Å². The molecule has 2 aromatic carbocycles. The highest BCUT2D eigenvalue weighted by atomic mass is 16.6. The van der Waals surface area contributed by atoms with Gasteiger partial charge in [0.2, 0.25) is 0 Å². The predicted molar refractivity (Wildman–Crippen MR) is 139 cm³/mol. The van der Waals surface area contributed by atoms with E-state index in [4.69, 9.17) is 15.5 Å². The van der Waals surface area contributed by atoms with Gasteiger partial charge in [0.1, 0.15) is 23.0 Å². The lowest BCUT2D eigenvalue weighted by atomic mass is 9.91.